The van der Waals surface area contributed by atoms with Crippen LogP contribution >= 0.6 is 0 Å². The van der Waals surface area contributed by atoms with Crippen molar-refractivity contribution in [2.75, 3.05) is 27.2 Å². The molecule has 6 atom stereocenters. The fraction of sp³-hybridized carbons (Fsp3) is 0.596. The molecule has 4 aromatic rings. The van der Waals surface area contributed by atoms with E-state index in [1.165, 1.54) is 48.2 Å². The Balaban J connectivity index is 1.29. The Kier molecular flexibility index (Phi) is 16.5. The average molecular weight is 990 g/mol. The number of fused-ring (bicyclic) bond motifs is 2. The number of ether oxygens (including phenoxy) is 2. The lowest BCUT2D eigenvalue weighted by Gasteiger charge is -2.33. The van der Waals surface area contributed by atoms with Gasteiger partial charge in [0.15, 0.2) is 5.82 Å². The van der Waals surface area contributed by atoms with Crippen LogP contribution in [-0.4, -0.2) is 145 Å². The standard InChI is InChI=1S/C52H73F2N9O8/c1-14-38(57-45(64)30(4)59(12)49(68)70-51(6,7)8)47(66)61-23-15-17-34(61)27-37-36-21-19-32(53)25-39(36)55-43(37)44-56-40-26-33(54)20-22-41(40)63(44)28-35-18-16-24-62(35)48(67)42(29(2)3)58-46(65)31(5)60(13)50(69)71-52(9,10)11/h19-22,25-26,29-31,34-35,38,42,55H,14-18,23-24,27-28H2,1-13H3,(H,57,64)(H,58,65)/t30-,31-,34-,35-,38-,42-/m0/s1. The van der Waals surface area contributed by atoms with Gasteiger partial charge in [0.2, 0.25) is 23.6 Å². The first-order chi connectivity index (χ1) is 33.2. The molecule has 2 aromatic heterocycles. The molecule has 3 N–H and O–H groups in total. The van der Waals surface area contributed by atoms with Crippen molar-refractivity contribution in [1.82, 2.24) is 44.8 Å². The summed E-state index contributed by atoms with van der Waals surface area (Å²) in [5.74, 6) is -2.39. The van der Waals surface area contributed by atoms with Gasteiger partial charge in [-0.2, -0.15) is 0 Å². The Morgan fingerprint density at radius 1 is 0.775 bits per heavy atom. The molecule has 6 rings (SSSR count). The van der Waals surface area contributed by atoms with E-state index < -0.39 is 71.0 Å². The number of hydrogen-bond acceptors (Lipinski definition) is 9. The number of carbonyl (C=O) groups is 6. The first kappa shape index (κ1) is 54.1. The highest BCUT2D eigenvalue weighted by molar-refractivity contribution is 5.94. The van der Waals surface area contributed by atoms with Crippen LogP contribution in [0.5, 0.6) is 0 Å². The first-order valence-electron chi connectivity index (χ1n) is 24.8. The molecule has 2 fully saturated rings. The summed E-state index contributed by atoms with van der Waals surface area (Å²) in [4.78, 5) is 96.2. The van der Waals surface area contributed by atoms with Crippen LogP contribution in [0.15, 0.2) is 36.4 Å². The Bertz CT molecular complexity index is 2630. The van der Waals surface area contributed by atoms with Gasteiger partial charge in [-0.25, -0.2) is 23.4 Å². The van der Waals surface area contributed by atoms with Crippen molar-refractivity contribution in [2.24, 2.45) is 5.92 Å². The number of rotatable bonds is 15. The van der Waals surface area contributed by atoms with Gasteiger partial charge in [0.1, 0.15) is 47.0 Å². The topological polar surface area (TPSA) is 192 Å². The fourth-order valence-corrected chi connectivity index (χ4v) is 9.34. The maximum Gasteiger partial charge on any atom is 0.410 e. The van der Waals surface area contributed by atoms with E-state index in [9.17, 15) is 37.5 Å². The second-order valence-electron chi connectivity index (χ2n) is 21.4. The molecule has 0 bridgehead atoms. The number of amides is 6. The first-order valence-corrected chi connectivity index (χ1v) is 24.8. The summed E-state index contributed by atoms with van der Waals surface area (Å²) in [6.45, 7) is 20.2. The lowest BCUT2D eigenvalue weighted by atomic mass is 9.99. The van der Waals surface area contributed by atoms with Gasteiger partial charge in [-0.05, 0) is 136 Å². The Morgan fingerprint density at radius 2 is 1.31 bits per heavy atom. The summed E-state index contributed by atoms with van der Waals surface area (Å²) in [7, 11) is 2.94. The third-order valence-corrected chi connectivity index (χ3v) is 13.5. The second-order valence-corrected chi connectivity index (χ2v) is 21.4. The molecule has 4 heterocycles. The number of halogens is 2. The third kappa shape index (κ3) is 12.4. The van der Waals surface area contributed by atoms with Gasteiger partial charge in [-0.15, -0.1) is 0 Å². The van der Waals surface area contributed by atoms with Crippen LogP contribution in [0.4, 0.5) is 18.4 Å². The molecule has 71 heavy (non-hydrogen) atoms. The molecular weight excluding hydrogens is 917 g/mol. The highest BCUT2D eigenvalue weighted by atomic mass is 19.1. The number of aromatic nitrogens is 3. The highest BCUT2D eigenvalue weighted by Gasteiger charge is 2.40. The van der Waals surface area contributed by atoms with Crippen LogP contribution < -0.4 is 10.6 Å². The van der Waals surface area contributed by atoms with Gasteiger partial charge >= 0.3 is 12.2 Å². The number of hydrogen-bond donors (Lipinski definition) is 3. The van der Waals surface area contributed by atoms with E-state index in [1.807, 2.05) is 25.3 Å². The minimum absolute atomic E-state index is 0.246. The number of likely N-dealkylation sites (tertiary alicyclic amines) is 2. The van der Waals surface area contributed by atoms with Crippen LogP contribution in [0.3, 0.4) is 0 Å². The van der Waals surface area contributed by atoms with E-state index in [2.05, 4.69) is 15.6 Å². The Hall–Kier alpha value is -6.27. The summed E-state index contributed by atoms with van der Waals surface area (Å²) in [6.07, 6.45) is 1.94. The molecule has 2 aromatic carbocycles. The second kappa shape index (κ2) is 21.6. The molecule has 388 valence electrons. The number of benzene rings is 2. The average Bonchev–Trinajstić information content (AvgIpc) is 4.10. The Labute approximate surface area is 415 Å². The number of imidazole rings is 1. The largest absolute Gasteiger partial charge is 0.444 e. The van der Waals surface area contributed by atoms with Crippen LogP contribution in [-0.2, 0) is 41.6 Å². The van der Waals surface area contributed by atoms with E-state index >= 15 is 0 Å². The Morgan fingerprint density at radius 3 is 1.87 bits per heavy atom. The quantitative estimate of drug-likeness (QED) is 0.108. The van der Waals surface area contributed by atoms with Gasteiger partial charge in [0, 0.05) is 62.8 Å². The van der Waals surface area contributed by atoms with Crippen molar-refractivity contribution < 1.29 is 47.0 Å². The normalized spacial score (nSPS) is 18.1. The lowest BCUT2D eigenvalue weighted by Crippen LogP contribution is -2.56. The molecule has 0 unspecified atom stereocenters. The summed E-state index contributed by atoms with van der Waals surface area (Å²) in [5, 5.41) is 6.50. The third-order valence-electron chi connectivity index (χ3n) is 13.5. The molecular formula is C52H73F2N9O8. The zero-order valence-corrected chi connectivity index (χ0v) is 43.6. The van der Waals surface area contributed by atoms with Gasteiger partial charge in [-0.1, -0.05) is 20.8 Å². The van der Waals surface area contributed by atoms with Crippen molar-refractivity contribution in [3.63, 3.8) is 0 Å². The molecule has 2 aliphatic rings. The molecule has 17 nitrogen and oxygen atoms in total. The molecule has 0 spiro atoms. The molecule has 2 aliphatic heterocycles. The van der Waals surface area contributed by atoms with Crippen molar-refractivity contribution in [1.29, 1.82) is 0 Å². The van der Waals surface area contributed by atoms with Crippen LogP contribution in [0.25, 0.3) is 33.5 Å². The van der Waals surface area contributed by atoms with Gasteiger partial charge < -0.3 is 39.5 Å². The molecule has 0 radical (unpaired) electrons. The minimum Gasteiger partial charge on any atom is -0.444 e. The minimum atomic E-state index is -0.941. The number of carbonyl (C=O) groups excluding carboxylic acids is 6. The summed E-state index contributed by atoms with van der Waals surface area (Å²) < 4.78 is 42.8. The zero-order valence-electron chi connectivity index (χ0n) is 43.6. The number of nitrogens with one attached hydrogen (secondary N) is 3. The van der Waals surface area contributed by atoms with Gasteiger partial charge in [0.25, 0.3) is 0 Å². The van der Waals surface area contributed by atoms with Crippen LogP contribution in [0, 0.1) is 17.6 Å². The van der Waals surface area contributed by atoms with Crippen LogP contribution in [0.2, 0.25) is 0 Å². The van der Waals surface area contributed by atoms with E-state index in [-0.39, 0.29) is 36.4 Å². The molecule has 0 aliphatic carbocycles. The maximum atomic E-state index is 15.0. The van der Waals surface area contributed by atoms with Gasteiger partial charge in [-0.3, -0.25) is 29.0 Å². The zero-order chi connectivity index (χ0) is 52.4. The predicted molar refractivity (Wildman–Crippen MR) is 266 cm³/mol. The van der Waals surface area contributed by atoms with Crippen molar-refractivity contribution in [3.05, 3.63) is 53.6 Å². The van der Waals surface area contributed by atoms with Crippen molar-refractivity contribution in [3.8, 4) is 11.5 Å². The molecule has 2 saturated heterocycles. The maximum absolute atomic E-state index is 15.0. The smallest absolute Gasteiger partial charge is 0.410 e. The van der Waals surface area contributed by atoms with E-state index in [0.29, 0.717) is 85.1 Å². The number of H-pyrrole nitrogens is 1. The van der Waals surface area contributed by atoms with Crippen molar-refractivity contribution >= 4 is 57.8 Å². The predicted octanol–water partition coefficient (Wildman–Crippen LogP) is 7.53. The van der Waals surface area contributed by atoms with Crippen LogP contribution in [0.1, 0.15) is 114 Å². The molecule has 0 saturated carbocycles. The van der Waals surface area contributed by atoms with E-state index in [0.717, 1.165) is 5.56 Å². The number of nitrogens with zero attached hydrogens (tertiary/aromatic N) is 6. The summed E-state index contributed by atoms with van der Waals surface area (Å²) in [5.41, 5.74) is 1.25. The monoisotopic (exact) mass is 990 g/mol. The number of likely N-dealkylation sites (N-methyl/N-ethyl adjacent to an activating group) is 2. The lowest BCUT2D eigenvalue weighted by molar-refractivity contribution is -0.139. The van der Waals surface area contributed by atoms with Crippen molar-refractivity contribution in [2.45, 2.75) is 169 Å². The molecule has 19 heteroatoms. The summed E-state index contributed by atoms with van der Waals surface area (Å²) >= 11 is 0. The SMILES string of the molecule is CC[C@H](NC(=O)[C@H](C)N(C)C(=O)OC(C)(C)C)C(=O)N1CCC[C@H]1Cc1c(-c2nc3cc(F)ccc3n2C[C@@H]2CCCN2C(=O)[C@@H](NC(=O)[C@H](C)N(C)C(=O)OC(C)(C)C)C(C)C)[nH]c2cc(F)ccc12. The fourth-order valence-electron chi connectivity index (χ4n) is 9.34. The van der Waals surface area contributed by atoms with E-state index in [4.69, 9.17) is 14.5 Å². The molecule has 6 amide bonds. The van der Waals surface area contributed by atoms with Gasteiger partial charge in [0.05, 0.1) is 16.7 Å². The highest BCUT2D eigenvalue weighted by Crippen LogP contribution is 2.37. The summed E-state index contributed by atoms with van der Waals surface area (Å²) in [6, 6.07) is 4.44. The van der Waals surface area contributed by atoms with E-state index in [1.54, 1.807) is 77.3 Å². The number of aromatic amines is 1.